The summed E-state index contributed by atoms with van der Waals surface area (Å²) in [7, 11) is 0. The van der Waals surface area contributed by atoms with Gasteiger partial charge in [-0.1, -0.05) is 13.8 Å². The summed E-state index contributed by atoms with van der Waals surface area (Å²) in [5.74, 6) is 0. The number of aliphatic hydroxyl groups is 1. The zero-order valence-corrected chi connectivity index (χ0v) is 12.4. The number of aromatic nitrogens is 2. The number of imidazole rings is 1. The first-order valence-corrected chi connectivity index (χ1v) is 6.08. The quantitative estimate of drug-likeness (QED) is 0.798. The van der Waals surface area contributed by atoms with Crippen molar-refractivity contribution in [2.24, 2.45) is 5.41 Å². The standard InChI is InChI=1S/C8H12F6O.C4H4N2O2/c1-5(2,7(9,10)11)4-6(3,15)8(12,13)14;7-4(8)6-2-1-5-3-6/h15H,4H2,1-3H3;1-3H,(H,7,8). The van der Waals surface area contributed by atoms with Gasteiger partial charge < -0.3 is 10.2 Å². The largest absolute Gasteiger partial charge is 0.464 e. The zero-order valence-electron chi connectivity index (χ0n) is 12.4. The lowest BCUT2D eigenvalue weighted by atomic mass is 9.80. The average molecular weight is 350 g/mol. The lowest BCUT2D eigenvalue weighted by Gasteiger charge is -2.36. The van der Waals surface area contributed by atoms with Crippen LogP contribution in [0.1, 0.15) is 27.2 Å². The van der Waals surface area contributed by atoms with Crippen LogP contribution in [0.4, 0.5) is 31.1 Å². The summed E-state index contributed by atoms with van der Waals surface area (Å²) in [4.78, 5) is 13.5. The van der Waals surface area contributed by atoms with E-state index < -0.39 is 35.9 Å². The van der Waals surface area contributed by atoms with Crippen LogP contribution in [0.3, 0.4) is 0 Å². The lowest BCUT2D eigenvalue weighted by Crippen LogP contribution is -2.48. The molecule has 0 amide bonds. The molecule has 0 saturated carbocycles. The Labute approximate surface area is 127 Å². The second kappa shape index (κ2) is 6.77. The molecule has 0 aliphatic heterocycles. The van der Waals surface area contributed by atoms with Crippen LogP contribution >= 0.6 is 0 Å². The highest BCUT2D eigenvalue weighted by Crippen LogP contribution is 2.47. The number of hydrogen-bond acceptors (Lipinski definition) is 3. The Balaban J connectivity index is 0.000000502. The molecule has 134 valence electrons. The lowest BCUT2D eigenvalue weighted by molar-refractivity contribution is -0.287. The maximum Gasteiger partial charge on any atom is 0.416 e. The van der Waals surface area contributed by atoms with Crippen molar-refractivity contribution < 1.29 is 41.4 Å². The highest BCUT2D eigenvalue weighted by molar-refractivity contribution is 5.67. The minimum Gasteiger partial charge on any atom is -0.464 e. The molecule has 1 rings (SSSR count). The molecule has 0 spiro atoms. The van der Waals surface area contributed by atoms with Crippen LogP contribution in [0, 0.1) is 5.41 Å². The Morgan fingerprint density at radius 1 is 1.09 bits per heavy atom. The molecular formula is C12H16F6N2O3. The molecule has 11 heteroatoms. The molecule has 0 aliphatic carbocycles. The van der Waals surface area contributed by atoms with Gasteiger partial charge in [0, 0.05) is 12.4 Å². The van der Waals surface area contributed by atoms with Crippen molar-refractivity contribution in [1.29, 1.82) is 0 Å². The van der Waals surface area contributed by atoms with Gasteiger partial charge in [0.2, 0.25) is 0 Å². The molecule has 1 heterocycles. The van der Waals surface area contributed by atoms with Crippen molar-refractivity contribution in [3.63, 3.8) is 0 Å². The smallest absolute Gasteiger partial charge is 0.416 e. The summed E-state index contributed by atoms with van der Waals surface area (Å²) < 4.78 is 74.2. The number of rotatable bonds is 2. The fourth-order valence-electron chi connectivity index (χ4n) is 1.43. The molecule has 0 aliphatic rings. The number of halogens is 6. The van der Waals surface area contributed by atoms with Gasteiger partial charge in [0.15, 0.2) is 5.60 Å². The van der Waals surface area contributed by atoms with Crippen molar-refractivity contribution >= 4 is 6.09 Å². The molecular weight excluding hydrogens is 334 g/mol. The first-order valence-electron chi connectivity index (χ1n) is 6.08. The number of nitrogens with zero attached hydrogens (tertiary/aromatic N) is 2. The highest BCUT2D eigenvalue weighted by Gasteiger charge is 2.58. The molecule has 0 bridgehead atoms. The van der Waals surface area contributed by atoms with Crippen molar-refractivity contribution in [3.05, 3.63) is 18.7 Å². The van der Waals surface area contributed by atoms with E-state index in [1.165, 1.54) is 18.7 Å². The number of alkyl halides is 6. The zero-order chi connectivity index (χ0) is 18.7. The Bertz CT molecular complexity index is 482. The van der Waals surface area contributed by atoms with Gasteiger partial charge in [-0.25, -0.2) is 14.3 Å². The van der Waals surface area contributed by atoms with E-state index in [2.05, 4.69) is 4.98 Å². The Kier molecular flexibility index (Phi) is 6.24. The van der Waals surface area contributed by atoms with E-state index in [0.29, 0.717) is 20.8 Å². The van der Waals surface area contributed by atoms with E-state index in [4.69, 9.17) is 10.2 Å². The van der Waals surface area contributed by atoms with E-state index in [1.807, 2.05) is 0 Å². The fourth-order valence-corrected chi connectivity index (χ4v) is 1.43. The second-order valence-corrected chi connectivity index (χ2v) is 5.58. The molecule has 1 unspecified atom stereocenters. The number of carbonyl (C=O) groups is 1. The Morgan fingerprint density at radius 2 is 1.57 bits per heavy atom. The van der Waals surface area contributed by atoms with E-state index >= 15 is 0 Å². The SMILES string of the molecule is CC(C)(CC(C)(O)C(F)(F)F)C(F)(F)F.O=C(O)n1ccnc1. The Morgan fingerprint density at radius 3 is 1.78 bits per heavy atom. The molecule has 0 saturated heterocycles. The van der Waals surface area contributed by atoms with E-state index in [0.717, 1.165) is 4.57 Å². The third-order valence-corrected chi connectivity index (χ3v) is 2.89. The summed E-state index contributed by atoms with van der Waals surface area (Å²) >= 11 is 0. The third kappa shape index (κ3) is 6.08. The minimum atomic E-state index is -5.07. The van der Waals surface area contributed by atoms with Crippen LogP contribution in [-0.2, 0) is 0 Å². The maximum atomic E-state index is 12.3. The second-order valence-electron chi connectivity index (χ2n) is 5.58. The van der Waals surface area contributed by atoms with Gasteiger partial charge in [-0.2, -0.15) is 26.3 Å². The fraction of sp³-hybridized carbons (Fsp3) is 0.667. The van der Waals surface area contributed by atoms with E-state index in [-0.39, 0.29) is 0 Å². The molecule has 1 aromatic rings. The first kappa shape index (κ1) is 21.2. The third-order valence-electron chi connectivity index (χ3n) is 2.89. The van der Waals surface area contributed by atoms with Crippen molar-refractivity contribution in [2.75, 3.05) is 0 Å². The monoisotopic (exact) mass is 350 g/mol. The number of carboxylic acid groups (broad SMARTS) is 1. The van der Waals surface area contributed by atoms with Crippen LogP contribution in [0.2, 0.25) is 0 Å². The highest BCUT2D eigenvalue weighted by atomic mass is 19.4. The molecule has 1 aromatic heterocycles. The molecule has 0 fully saturated rings. The normalized spacial score (nSPS) is 15.4. The predicted molar refractivity (Wildman–Crippen MR) is 66.8 cm³/mol. The van der Waals surface area contributed by atoms with Crippen LogP contribution in [0.25, 0.3) is 0 Å². The van der Waals surface area contributed by atoms with Gasteiger partial charge in [-0.3, -0.25) is 0 Å². The van der Waals surface area contributed by atoms with Gasteiger partial charge in [-0.15, -0.1) is 0 Å². The van der Waals surface area contributed by atoms with Crippen molar-refractivity contribution in [3.8, 4) is 0 Å². The molecule has 1 atom stereocenters. The van der Waals surface area contributed by atoms with Crippen LogP contribution in [0.15, 0.2) is 18.7 Å². The summed E-state index contributed by atoms with van der Waals surface area (Å²) in [5.41, 5.74) is -5.93. The van der Waals surface area contributed by atoms with Crippen molar-refractivity contribution in [2.45, 2.75) is 45.1 Å². The van der Waals surface area contributed by atoms with Crippen LogP contribution < -0.4 is 0 Å². The average Bonchev–Trinajstić information content (AvgIpc) is 2.78. The van der Waals surface area contributed by atoms with Crippen molar-refractivity contribution in [1.82, 2.24) is 9.55 Å². The number of hydrogen-bond donors (Lipinski definition) is 2. The van der Waals surface area contributed by atoms with Gasteiger partial charge >= 0.3 is 18.4 Å². The summed E-state index contributed by atoms with van der Waals surface area (Å²) in [5, 5.41) is 17.1. The minimum absolute atomic E-state index is 0.334. The van der Waals surface area contributed by atoms with Gasteiger partial charge in [0.25, 0.3) is 0 Å². The first-order chi connectivity index (χ1) is 10.0. The van der Waals surface area contributed by atoms with E-state index in [1.54, 1.807) is 0 Å². The molecule has 5 nitrogen and oxygen atoms in total. The van der Waals surface area contributed by atoms with Crippen LogP contribution in [-0.4, -0.2) is 43.8 Å². The summed E-state index contributed by atoms with van der Waals surface area (Å²) in [6.07, 6.45) is -8.30. The van der Waals surface area contributed by atoms with Gasteiger partial charge in [-0.05, 0) is 13.3 Å². The molecule has 0 radical (unpaired) electrons. The van der Waals surface area contributed by atoms with Gasteiger partial charge in [0.1, 0.15) is 6.33 Å². The van der Waals surface area contributed by atoms with Crippen LogP contribution in [0.5, 0.6) is 0 Å². The summed E-state index contributed by atoms with van der Waals surface area (Å²) in [6, 6.07) is 0. The molecule has 23 heavy (non-hydrogen) atoms. The van der Waals surface area contributed by atoms with E-state index in [9.17, 15) is 31.1 Å². The topological polar surface area (TPSA) is 75.3 Å². The van der Waals surface area contributed by atoms with Gasteiger partial charge in [0.05, 0.1) is 5.41 Å². The summed E-state index contributed by atoms with van der Waals surface area (Å²) in [6.45, 7) is 1.57. The molecule has 0 aromatic carbocycles. The predicted octanol–water partition coefficient (Wildman–Crippen LogP) is 3.69. The maximum absolute atomic E-state index is 12.3. The Hall–Kier alpha value is -1.78. The molecule has 2 N–H and O–H groups in total.